The summed E-state index contributed by atoms with van der Waals surface area (Å²) in [4.78, 5) is 10.8. The smallest absolute Gasteiger partial charge is 0.229 e. The summed E-state index contributed by atoms with van der Waals surface area (Å²) in [5.74, 6) is -0.735. The maximum Gasteiger partial charge on any atom is 0.229 e. The second-order valence-corrected chi connectivity index (χ2v) is 8.82. The topological polar surface area (TPSA) is 82.5 Å². The van der Waals surface area contributed by atoms with Crippen molar-refractivity contribution in [3.05, 3.63) is 36.0 Å². The summed E-state index contributed by atoms with van der Waals surface area (Å²) in [6.45, 7) is 5.42. The number of hydrogen-bond acceptors (Lipinski definition) is 7. The molecular formula is C22H29F2N5O2. The van der Waals surface area contributed by atoms with E-state index in [0.717, 1.165) is 25.6 Å². The lowest BCUT2D eigenvalue weighted by Crippen LogP contribution is -2.55. The fourth-order valence-corrected chi connectivity index (χ4v) is 4.82. The fraction of sp³-hybridized carbons (Fsp3) is 0.545. The summed E-state index contributed by atoms with van der Waals surface area (Å²) in [6.07, 6.45) is 5.34. The molecule has 2 atom stereocenters. The van der Waals surface area contributed by atoms with Gasteiger partial charge in [0.15, 0.2) is 23.2 Å². The van der Waals surface area contributed by atoms with Crippen molar-refractivity contribution in [2.75, 3.05) is 30.4 Å². The molecule has 1 aromatic heterocycles. The van der Waals surface area contributed by atoms with Crippen LogP contribution < -0.4 is 15.4 Å². The first kappa shape index (κ1) is 21.7. The Balaban J connectivity index is 1.46. The number of rotatable bonds is 7. The Morgan fingerprint density at radius 3 is 2.90 bits per heavy atom. The van der Waals surface area contributed by atoms with E-state index in [1.807, 2.05) is 0 Å². The maximum atomic E-state index is 14.4. The van der Waals surface area contributed by atoms with Crippen LogP contribution in [0.1, 0.15) is 39.5 Å². The molecule has 2 aromatic rings. The Bertz CT molecular complexity index is 927. The van der Waals surface area contributed by atoms with Crippen LogP contribution in [-0.2, 0) is 0 Å². The average molecular weight is 434 g/mol. The molecular weight excluding hydrogens is 404 g/mol. The normalized spacial score (nSPS) is 22.7. The van der Waals surface area contributed by atoms with Gasteiger partial charge in [-0.1, -0.05) is 0 Å². The molecule has 3 heterocycles. The highest BCUT2D eigenvalue weighted by atomic mass is 19.1. The van der Waals surface area contributed by atoms with Crippen molar-refractivity contribution in [3.8, 4) is 5.75 Å². The summed E-state index contributed by atoms with van der Waals surface area (Å²) < 4.78 is 33.7. The van der Waals surface area contributed by atoms with E-state index >= 15 is 0 Å². The van der Waals surface area contributed by atoms with E-state index in [1.54, 1.807) is 6.07 Å². The van der Waals surface area contributed by atoms with Gasteiger partial charge in [-0.2, -0.15) is 4.98 Å². The van der Waals surface area contributed by atoms with E-state index in [1.165, 1.54) is 25.0 Å². The van der Waals surface area contributed by atoms with Gasteiger partial charge in [0.2, 0.25) is 5.95 Å². The molecule has 0 aliphatic carbocycles. The first-order valence-corrected chi connectivity index (χ1v) is 10.7. The van der Waals surface area contributed by atoms with Gasteiger partial charge in [-0.3, -0.25) is 4.90 Å². The highest BCUT2D eigenvalue weighted by Gasteiger charge is 2.43. The quantitative estimate of drug-likeness (QED) is 0.614. The van der Waals surface area contributed by atoms with Crippen molar-refractivity contribution in [2.24, 2.45) is 0 Å². The van der Waals surface area contributed by atoms with Gasteiger partial charge in [-0.05, 0) is 58.2 Å². The molecule has 7 nitrogen and oxygen atoms in total. The van der Waals surface area contributed by atoms with Crippen LogP contribution in [0.2, 0.25) is 0 Å². The molecule has 0 radical (unpaired) electrons. The zero-order chi connectivity index (χ0) is 22.0. The van der Waals surface area contributed by atoms with E-state index in [9.17, 15) is 8.78 Å². The number of benzene rings is 1. The summed E-state index contributed by atoms with van der Waals surface area (Å²) in [7, 11) is 0. The number of anilines is 3. The minimum absolute atomic E-state index is 0.0103. The van der Waals surface area contributed by atoms with Gasteiger partial charge >= 0.3 is 0 Å². The van der Waals surface area contributed by atoms with Crippen LogP contribution in [0.25, 0.3) is 0 Å². The van der Waals surface area contributed by atoms with Crippen LogP contribution >= 0.6 is 0 Å². The van der Waals surface area contributed by atoms with Gasteiger partial charge in [0.05, 0.1) is 12.8 Å². The van der Waals surface area contributed by atoms with E-state index in [4.69, 9.17) is 9.84 Å². The Labute approximate surface area is 180 Å². The molecule has 0 amide bonds. The number of aliphatic hydroxyl groups excluding tert-OH is 1. The number of hydrogen-bond donors (Lipinski definition) is 3. The first-order valence-electron chi connectivity index (χ1n) is 10.7. The molecule has 0 unspecified atom stereocenters. The van der Waals surface area contributed by atoms with Gasteiger partial charge in [-0.25, -0.2) is 13.8 Å². The third-order valence-electron chi connectivity index (χ3n) is 6.08. The van der Waals surface area contributed by atoms with Gasteiger partial charge in [0.1, 0.15) is 6.61 Å². The van der Waals surface area contributed by atoms with Crippen LogP contribution in [0.4, 0.5) is 26.2 Å². The van der Waals surface area contributed by atoms with E-state index < -0.39 is 11.6 Å². The molecule has 2 aliphatic heterocycles. The number of piperidine rings is 1. The second-order valence-electron chi connectivity index (χ2n) is 8.82. The van der Waals surface area contributed by atoms with Crippen molar-refractivity contribution >= 4 is 17.5 Å². The van der Waals surface area contributed by atoms with Crippen LogP contribution in [0.15, 0.2) is 24.4 Å². The Morgan fingerprint density at radius 2 is 2.13 bits per heavy atom. The van der Waals surface area contributed by atoms with Crippen molar-refractivity contribution in [2.45, 2.75) is 57.2 Å². The Morgan fingerprint density at radius 1 is 1.29 bits per heavy atom. The lowest BCUT2D eigenvalue weighted by atomic mass is 9.84. The molecule has 2 fully saturated rings. The molecule has 2 aliphatic rings. The van der Waals surface area contributed by atoms with Gasteiger partial charge < -0.3 is 20.5 Å². The molecule has 0 spiro atoms. The number of nitrogens with one attached hydrogen (secondary N) is 2. The van der Waals surface area contributed by atoms with E-state index in [-0.39, 0.29) is 42.3 Å². The van der Waals surface area contributed by atoms with Crippen LogP contribution in [0.5, 0.6) is 5.75 Å². The number of fused-ring (bicyclic) bond motifs is 1. The third-order valence-corrected chi connectivity index (χ3v) is 6.08. The number of aromatic nitrogens is 2. The molecule has 4 rings (SSSR count). The summed E-state index contributed by atoms with van der Waals surface area (Å²) in [6, 6.07) is 4.93. The average Bonchev–Trinajstić information content (AvgIpc) is 3.19. The molecule has 1 aromatic carbocycles. The lowest BCUT2D eigenvalue weighted by molar-refractivity contribution is 0.0500. The fourth-order valence-electron chi connectivity index (χ4n) is 4.82. The lowest BCUT2D eigenvalue weighted by Gasteiger charge is -2.47. The molecule has 2 saturated heterocycles. The van der Waals surface area contributed by atoms with Crippen LogP contribution in [0.3, 0.4) is 0 Å². The zero-order valence-corrected chi connectivity index (χ0v) is 17.9. The predicted octanol–water partition coefficient (Wildman–Crippen LogP) is 3.69. The summed E-state index contributed by atoms with van der Waals surface area (Å²) in [5, 5.41) is 15.0. The Hall–Kier alpha value is -2.52. The van der Waals surface area contributed by atoms with Gasteiger partial charge in [0.25, 0.3) is 0 Å². The highest BCUT2D eigenvalue weighted by molar-refractivity contribution is 5.56. The van der Waals surface area contributed by atoms with Crippen LogP contribution in [-0.4, -0.2) is 57.4 Å². The standard InChI is InChI=1S/C22H29F2N5O2/c1-22(2)12-15(10-16-4-3-7-29(16)22)26-20-18(24)13-25-21(28-20)27-14-5-6-19(17(23)11-14)31-9-8-30/h5-6,11,13,15-16,30H,3-4,7-10,12H2,1-2H3,(H2,25,26,27,28)/t15-,16+/m1/s1. The maximum absolute atomic E-state index is 14.4. The number of aliphatic hydroxyl groups is 1. The van der Waals surface area contributed by atoms with Gasteiger partial charge in [-0.15, -0.1) is 0 Å². The van der Waals surface area contributed by atoms with E-state index in [0.29, 0.717) is 11.7 Å². The third kappa shape index (κ3) is 4.88. The molecule has 0 bridgehead atoms. The van der Waals surface area contributed by atoms with Crippen molar-refractivity contribution in [1.82, 2.24) is 14.9 Å². The monoisotopic (exact) mass is 433 g/mol. The molecule has 9 heteroatoms. The van der Waals surface area contributed by atoms with Gasteiger partial charge in [0, 0.05) is 29.4 Å². The van der Waals surface area contributed by atoms with Crippen molar-refractivity contribution < 1.29 is 18.6 Å². The van der Waals surface area contributed by atoms with Crippen molar-refractivity contribution in [3.63, 3.8) is 0 Å². The highest BCUT2D eigenvalue weighted by Crippen LogP contribution is 2.38. The minimum atomic E-state index is -0.579. The number of ether oxygens (including phenoxy) is 1. The van der Waals surface area contributed by atoms with Crippen LogP contribution in [0, 0.1) is 11.6 Å². The molecule has 3 N–H and O–H groups in total. The second kappa shape index (κ2) is 8.92. The Kier molecular flexibility index (Phi) is 6.24. The number of halogens is 2. The molecule has 168 valence electrons. The zero-order valence-electron chi connectivity index (χ0n) is 17.9. The minimum Gasteiger partial charge on any atom is -0.488 e. The first-order chi connectivity index (χ1) is 14.9. The summed E-state index contributed by atoms with van der Waals surface area (Å²) >= 11 is 0. The number of nitrogens with zero attached hydrogens (tertiary/aromatic N) is 3. The molecule has 31 heavy (non-hydrogen) atoms. The molecule has 0 saturated carbocycles. The summed E-state index contributed by atoms with van der Waals surface area (Å²) in [5.41, 5.74) is 0.464. The van der Waals surface area contributed by atoms with E-state index in [2.05, 4.69) is 39.3 Å². The SMILES string of the molecule is CC1(C)C[C@H](Nc2nc(Nc3ccc(OCCO)c(F)c3)ncc2F)C[C@@H]2CCCN21. The largest absolute Gasteiger partial charge is 0.488 e. The van der Waals surface area contributed by atoms with Crippen molar-refractivity contribution in [1.29, 1.82) is 0 Å². The predicted molar refractivity (Wildman–Crippen MR) is 115 cm³/mol.